The number of aryl methyl sites for hydroxylation is 1. The standard InChI is InChI=1S/C13H19F3N4/c14-13(15,16)10-1-2-11-18-19-12(20(11)8-10)7-9-3-5-17-6-4-9/h9-10,17H,1-8H2. The summed E-state index contributed by atoms with van der Waals surface area (Å²) in [6.45, 7) is 1.96. The molecule has 1 aromatic heterocycles. The average Bonchev–Trinajstić information content (AvgIpc) is 2.82. The number of nitrogens with one attached hydrogen (secondary N) is 1. The molecule has 1 atom stereocenters. The van der Waals surface area contributed by atoms with Crippen LogP contribution in [0.2, 0.25) is 0 Å². The summed E-state index contributed by atoms with van der Waals surface area (Å²) in [7, 11) is 0. The summed E-state index contributed by atoms with van der Waals surface area (Å²) in [6.07, 6.45) is -0.735. The second kappa shape index (κ2) is 5.35. The third kappa shape index (κ3) is 2.82. The van der Waals surface area contributed by atoms with Gasteiger partial charge in [-0.3, -0.25) is 0 Å². The molecule has 3 heterocycles. The van der Waals surface area contributed by atoms with E-state index in [9.17, 15) is 13.2 Å². The lowest BCUT2D eigenvalue weighted by atomic mass is 9.93. The predicted molar refractivity (Wildman–Crippen MR) is 67.2 cm³/mol. The van der Waals surface area contributed by atoms with Crippen molar-refractivity contribution in [2.24, 2.45) is 11.8 Å². The van der Waals surface area contributed by atoms with Gasteiger partial charge in [-0.25, -0.2) is 0 Å². The SMILES string of the molecule is FC(F)(F)C1CCc2nnc(CC3CCNCC3)n2C1. The maximum absolute atomic E-state index is 12.9. The maximum Gasteiger partial charge on any atom is 0.393 e. The lowest BCUT2D eigenvalue weighted by molar-refractivity contribution is -0.182. The fraction of sp³-hybridized carbons (Fsp3) is 0.846. The molecule has 3 rings (SSSR count). The van der Waals surface area contributed by atoms with E-state index < -0.39 is 12.1 Å². The summed E-state index contributed by atoms with van der Waals surface area (Å²) in [5.74, 6) is 0.712. The second-order valence-electron chi connectivity index (χ2n) is 5.82. The number of rotatable bonds is 2. The quantitative estimate of drug-likeness (QED) is 0.904. The van der Waals surface area contributed by atoms with E-state index in [0.717, 1.165) is 44.0 Å². The molecule has 1 saturated heterocycles. The molecule has 0 aliphatic carbocycles. The molecule has 7 heteroatoms. The van der Waals surface area contributed by atoms with Crippen LogP contribution >= 0.6 is 0 Å². The number of alkyl halides is 3. The van der Waals surface area contributed by atoms with Crippen LogP contribution in [0.15, 0.2) is 0 Å². The number of halogens is 3. The van der Waals surface area contributed by atoms with E-state index in [2.05, 4.69) is 15.5 Å². The van der Waals surface area contributed by atoms with Gasteiger partial charge < -0.3 is 9.88 Å². The average molecular weight is 288 g/mol. The van der Waals surface area contributed by atoms with Crippen molar-refractivity contribution in [2.45, 2.75) is 44.8 Å². The number of piperidine rings is 1. The molecule has 2 aliphatic rings. The Labute approximate surface area is 115 Å². The minimum atomic E-state index is -4.12. The number of nitrogens with zero attached hydrogens (tertiary/aromatic N) is 3. The Hall–Kier alpha value is -1.11. The van der Waals surface area contributed by atoms with Crippen molar-refractivity contribution in [3.05, 3.63) is 11.6 Å². The van der Waals surface area contributed by atoms with E-state index in [4.69, 9.17) is 0 Å². The van der Waals surface area contributed by atoms with E-state index in [1.165, 1.54) is 0 Å². The zero-order valence-corrected chi connectivity index (χ0v) is 11.3. The highest BCUT2D eigenvalue weighted by Gasteiger charge is 2.42. The molecule has 0 aromatic carbocycles. The molecule has 1 fully saturated rings. The van der Waals surface area contributed by atoms with E-state index in [-0.39, 0.29) is 13.0 Å². The first kappa shape index (κ1) is 13.9. The molecule has 0 amide bonds. The third-order valence-corrected chi connectivity index (χ3v) is 4.42. The highest BCUT2D eigenvalue weighted by Crippen LogP contribution is 2.34. The normalized spacial score (nSPS) is 24.6. The second-order valence-corrected chi connectivity index (χ2v) is 5.82. The lowest BCUT2D eigenvalue weighted by Crippen LogP contribution is -2.33. The van der Waals surface area contributed by atoms with Gasteiger partial charge in [-0.2, -0.15) is 13.2 Å². The Morgan fingerprint density at radius 1 is 1.15 bits per heavy atom. The molecule has 0 spiro atoms. The summed E-state index contributed by atoms with van der Waals surface area (Å²) in [4.78, 5) is 0. The zero-order chi connectivity index (χ0) is 14.2. The van der Waals surface area contributed by atoms with Crippen molar-refractivity contribution in [3.63, 3.8) is 0 Å². The van der Waals surface area contributed by atoms with Crippen molar-refractivity contribution in [2.75, 3.05) is 13.1 Å². The molecule has 0 radical (unpaired) electrons. The van der Waals surface area contributed by atoms with Crippen LogP contribution in [0.3, 0.4) is 0 Å². The molecule has 0 saturated carbocycles. The van der Waals surface area contributed by atoms with Gasteiger partial charge in [0.25, 0.3) is 0 Å². The molecular formula is C13H19F3N4. The Balaban J connectivity index is 1.73. The van der Waals surface area contributed by atoms with Gasteiger partial charge in [-0.1, -0.05) is 0 Å². The third-order valence-electron chi connectivity index (χ3n) is 4.42. The summed E-state index contributed by atoms with van der Waals surface area (Å²) < 4.78 is 40.3. The van der Waals surface area contributed by atoms with E-state index in [1.54, 1.807) is 4.57 Å². The van der Waals surface area contributed by atoms with Crippen molar-refractivity contribution in [1.82, 2.24) is 20.1 Å². The number of hydrogen-bond acceptors (Lipinski definition) is 3. The molecule has 0 bridgehead atoms. The maximum atomic E-state index is 12.9. The highest BCUT2D eigenvalue weighted by molar-refractivity contribution is 5.02. The fourth-order valence-corrected chi connectivity index (χ4v) is 3.15. The fourth-order valence-electron chi connectivity index (χ4n) is 3.15. The van der Waals surface area contributed by atoms with Crippen molar-refractivity contribution >= 4 is 0 Å². The number of aromatic nitrogens is 3. The molecule has 2 aliphatic heterocycles. The van der Waals surface area contributed by atoms with Crippen LogP contribution in [0.25, 0.3) is 0 Å². The first-order valence-electron chi connectivity index (χ1n) is 7.22. The van der Waals surface area contributed by atoms with Crippen LogP contribution in [-0.2, 0) is 19.4 Å². The minimum absolute atomic E-state index is 0.00780. The zero-order valence-electron chi connectivity index (χ0n) is 11.3. The van der Waals surface area contributed by atoms with Crippen LogP contribution < -0.4 is 5.32 Å². The van der Waals surface area contributed by atoms with Crippen LogP contribution in [0.5, 0.6) is 0 Å². The van der Waals surface area contributed by atoms with Crippen LogP contribution in [0, 0.1) is 11.8 Å². The van der Waals surface area contributed by atoms with Crippen molar-refractivity contribution < 1.29 is 13.2 Å². The summed E-state index contributed by atoms with van der Waals surface area (Å²) in [5, 5.41) is 11.5. The van der Waals surface area contributed by atoms with Gasteiger partial charge in [0.05, 0.1) is 5.92 Å². The Kier molecular flexibility index (Phi) is 3.70. The largest absolute Gasteiger partial charge is 0.393 e. The number of hydrogen-bond donors (Lipinski definition) is 1. The van der Waals surface area contributed by atoms with Gasteiger partial charge in [-0.15, -0.1) is 10.2 Å². The number of fused-ring (bicyclic) bond motifs is 1. The molecule has 112 valence electrons. The van der Waals surface area contributed by atoms with Gasteiger partial charge in [0.15, 0.2) is 0 Å². The smallest absolute Gasteiger partial charge is 0.317 e. The Bertz CT molecular complexity index is 463. The topological polar surface area (TPSA) is 42.7 Å². The summed E-state index contributed by atoms with van der Waals surface area (Å²) in [5.41, 5.74) is 0. The molecule has 1 N–H and O–H groups in total. The minimum Gasteiger partial charge on any atom is -0.317 e. The summed E-state index contributed by atoms with van der Waals surface area (Å²) >= 11 is 0. The Morgan fingerprint density at radius 3 is 2.60 bits per heavy atom. The van der Waals surface area contributed by atoms with Crippen LogP contribution in [-0.4, -0.2) is 34.0 Å². The van der Waals surface area contributed by atoms with Gasteiger partial charge in [-0.05, 0) is 38.3 Å². The van der Waals surface area contributed by atoms with Gasteiger partial charge >= 0.3 is 6.18 Å². The molecule has 1 aromatic rings. The van der Waals surface area contributed by atoms with Gasteiger partial charge in [0.2, 0.25) is 0 Å². The monoisotopic (exact) mass is 288 g/mol. The molecule has 4 nitrogen and oxygen atoms in total. The highest BCUT2D eigenvalue weighted by atomic mass is 19.4. The van der Waals surface area contributed by atoms with Crippen molar-refractivity contribution in [3.8, 4) is 0 Å². The summed E-state index contributed by atoms with van der Waals surface area (Å²) in [6, 6.07) is 0. The van der Waals surface area contributed by atoms with Gasteiger partial charge in [0.1, 0.15) is 11.6 Å². The first-order valence-corrected chi connectivity index (χ1v) is 7.22. The predicted octanol–water partition coefficient (Wildman–Crippen LogP) is 1.94. The molecule has 1 unspecified atom stereocenters. The molecule has 20 heavy (non-hydrogen) atoms. The van der Waals surface area contributed by atoms with Crippen LogP contribution in [0.1, 0.15) is 30.9 Å². The lowest BCUT2D eigenvalue weighted by Gasteiger charge is -2.27. The van der Waals surface area contributed by atoms with Crippen molar-refractivity contribution in [1.29, 1.82) is 0 Å². The molecular weight excluding hydrogens is 269 g/mol. The van der Waals surface area contributed by atoms with E-state index >= 15 is 0 Å². The first-order chi connectivity index (χ1) is 9.54. The van der Waals surface area contributed by atoms with Gasteiger partial charge in [0, 0.05) is 19.4 Å². The Morgan fingerprint density at radius 2 is 1.90 bits per heavy atom. The van der Waals surface area contributed by atoms with Crippen LogP contribution in [0.4, 0.5) is 13.2 Å². The van der Waals surface area contributed by atoms with E-state index in [0.29, 0.717) is 12.3 Å². The van der Waals surface area contributed by atoms with E-state index in [1.807, 2.05) is 0 Å².